The van der Waals surface area contributed by atoms with Crippen LogP contribution in [0.3, 0.4) is 0 Å². The minimum absolute atomic E-state index is 0.0265. The van der Waals surface area contributed by atoms with E-state index in [1.807, 2.05) is 5.32 Å². The van der Waals surface area contributed by atoms with E-state index in [2.05, 4.69) is 20.0 Å². The van der Waals surface area contributed by atoms with Crippen molar-refractivity contribution in [3.8, 4) is 0 Å². The topological polar surface area (TPSA) is 29.1 Å². The fourth-order valence-electron chi connectivity index (χ4n) is 4.91. The second-order valence-electron chi connectivity index (χ2n) is 9.71. The monoisotopic (exact) mass is 483 g/mol. The van der Waals surface area contributed by atoms with Gasteiger partial charge in [-0.1, -0.05) is 51.7 Å². The molecule has 0 saturated heterocycles. The first-order valence-corrected chi connectivity index (χ1v) is 14.8. The minimum Gasteiger partial charge on any atom is -0.322 e. The van der Waals surface area contributed by atoms with Gasteiger partial charge in [0.1, 0.15) is 17.2 Å². The van der Waals surface area contributed by atoms with Gasteiger partial charge in [0.2, 0.25) is 0 Å². The highest BCUT2D eigenvalue weighted by Crippen LogP contribution is 2.45. The molecule has 0 radical (unpaired) electrons. The summed E-state index contributed by atoms with van der Waals surface area (Å²) in [5.74, 6) is -7.97. The van der Waals surface area contributed by atoms with Gasteiger partial charge in [0.05, 0.1) is 8.07 Å². The Kier molecular flexibility index (Phi) is 7.98. The number of rotatable bonds is 7. The molecule has 1 amide bonds. The summed E-state index contributed by atoms with van der Waals surface area (Å²) in [5, 5.41) is 2.03. The first-order valence-electron chi connectivity index (χ1n) is 11.5. The van der Waals surface area contributed by atoms with Gasteiger partial charge in [-0.3, -0.25) is 4.79 Å². The molecule has 0 aromatic heterocycles. The van der Waals surface area contributed by atoms with Gasteiger partial charge in [0.15, 0.2) is 17.5 Å². The van der Waals surface area contributed by atoms with Crippen LogP contribution in [0.2, 0.25) is 24.7 Å². The SMILES string of the molecule is CCCC[Si](C)(C)C1CCC(c2cc(F)c(C(=O)Nc3cc(F)c(F)c(F)c3)c(F)c2)CC1. The fourth-order valence-corrected chi connectivity index (χ4v) is 8.48. The van der Waals surface area contributed by atoms with E-state index in [1.165, 1.54) is 31.0 Å². The Balaban J connectivity index is 1.71. The van der Waals surface area contributed by atoms with Gasteiger partial charge in [-0.05, 0) is 42.0 Å². The number of benzene rings is 2. The van der Waals surface area contributed by atoms with Crippen LogP contribution >= 0.6 is 0 Å². The van der Waals surface area contributed by atoms with Crippen LogP contribution in [0.4, 0.5) is 27.6 Å². The molecule has 1 fully saturated rings. The van der Waals surface area contributed by atoms with Crippen LogP contribution in [0, 0.1) is 29.1 Å². The van der Waals surface area contributed by atoms with Crippen molar-refractivity contribution in [1.29, 1.82) is 0 Å². The van der Waals surface area contributed by atoms with Gasteiger partial charge >= 0.3 is 0 Å². The zero-order valence-corrected chi connectivity index (χ0v) is 20.2. The number of unbranched alkanes of at least 4 members (excludes halogenated alkanes) is 1. The first kappa shape index (κ1) is 25.4. The highest BCUT2D eigenvalue weighted by Gasteiger charge is 2.35. The number of carbonyl (C=O) groups is 1. The lowest BCUT2D eigenvalue weighted by atomic mass is 9.83. The Labute approximate surface area is 192 Å². The predicted molar refractivity (Wildman–Crippen MR) is 123 cm³/mol. The summed E-state index contributed by atoms with van der Waals surface area (Å²) < 4.78 is 69.3. The average Bonchev–Trinajstić information content (AvgIpc) is 2.75. The second-order valence-corrected chi connectivity index (χ2v) is 15.0. The Hall–Kier alpha value is -2.22. The van der Waals surface area contributed by atoms with E-state index in [-0.39, 0.29) is 5.92 Å². The van der Waals surface area contributed by atoms with E-state index < -0.39 is 54.3 Å². The lowest BCUT2D eigenvalue weighted by Gasteiger charge is -2.38. The number of amides is 1. The standard InChI is InChI=1S/C25H30F5NOSi/c1-4-5-10-33(2,3)18-8-6-15(7-9-18)16-11-19(26)23(20(27)12-16)25(32)31-17-13-21(28)24(30)22(29)14-17/h11-15,18H,4-10H2,1-3H3,(H,31,32). The third-order valence-corrected chi connectivity index (χ3v) is 11.4. The zero-order chi connectivity index (χ0) is 24.3. The van der Waals surface area contributed by atoms with E-state index in [0.717, 1.165) is 25.7 Å². The Morgan fingerprint density at radius 2 is 1.45 bits per heavy atom. The molecule has 1 aliphatic carbocycles. The van der Waals surface area contributed by atoms with Crippen molar-refractivity contribution in [1.82, 2.24) is 0 Å². The number of anilines is 1. The van der Waals surface area contributed by atoms with Gasteiger partial charge in [-0.25, -0.2) is 22.0 Å². The van der Waals surface area contributed by atoms with Crippen LogP contribution in [-0.2, 0) is 0 Å². The van der Waals surface area contributed by atoms with Crippen LogP contribution < -0.4 is 5.32 Å². The summed E-state index contributed by atoms with van der Waals surface area (Å²) in [6.07, 6.45) is 6.23. The molecule has 1 N–H and O–H groups in total. The molecular weight excluding hydrogens is 453 g/mol. The molecule has 180 valence electrons. The maximum Gasteiger partial charge on any atom is 0.261 e. The van der Waals surface area contributed by atoms with Crippen molar-refractivity contribution in [3.63, 3.8) is 0 Å². The van der Waals surface area contributed by atoms with E-state index in [4.69, 9.17) is 0 Å². The van der Waals surface area contributed by atoms with Gasteiger partial charge in [-0.15, -0.1) is 0 Å². The molecule has 1 saturated carbocycles. The maximum atomic E-state index is 14.7. The van der Waals surface area contributed by atoms with Crippen LogP contribution in [-0.4, -0.2) is 14.0 Å². The van der Waals surface area contributed by atoms with E-state index in [9.17, 15) is 26.7 Å². The molecule has 0 aliphatic heterocycles. The second kappa shape index (κ2) is 10.4. The molecule has 0 spiro atoms. The van der Waals surface area contributed by atoms with E-state index in [0.29, 0.717) is 23.2 Å². The smallest absolute Gasteiger partial charge is 0.261 e. The van der Waals surface area contributed by atoms with Crippen molar-refractivity contribution < 1.29 is 26.7 Å². The molecule has 0 unspecified atom stereocenters. The van der Waals surface area contributed by atoms with Gasteiger partial charge in [0.25, 0.3) is 5.91 Å². The lowest BCUT2D eigenvalue weighted by molar-refractivity contribution is 0.101. The molecule has 2 aromatic carbocycles. The van der Waals surface area contributed by atoms with Crippen LogP contribution in [0.5, 0.6) is 0 Å². The molecule has 0 bridgehead atoms. The summed E-state index contributed by atoms with van der Waals surface area (Å²) in [5.41, 5.74) is -0.0541. The van der Waals surface area contributed by atoms with Gasteiger partial charge in [0, 0.05) is 17.8 Å². The number of carbonyl (C=O) groups excluding carboxylic acids is 1. The Morgan fingerprint density at radius 3 is 1.97 bits per heavy atom. The summed E-state index contributed by atoms with van der Waals surface area (Å²) in [4.78, 5) is 12.4. The normalized spacial score (nSPS) is 18.9. The molecule has 2 aromatic rings. The van der Waals surface area contributed by atoms with Crippen LogP contribution in [0.25, 0.3) is 0 Å². The van der Waals surface area contributed by atoms with Crippen molar-refractivity contribution in [2.24, 2.45) is 0 Å². The summed E-state index contributed by atoms with van der Waals surface area (Å²) in [6.45, 7) is 7.06. The van der Waals surface area contributed by atoms with Crippen LogP contribution in [0.1, 0.15) is 67.3 Å². The highest BCUT2D eigenvalue weighted by atomic mass is 28.3. The van der Waals surface area contributed by atoms with E-state index in [1.54, 1.807) is 0 Å². The number of nitrogens with one attached hydrogen (secondary N) is 1. The molecule has 0 heterocycles. The Morgan fingerprint density at radius 1 is 0.909 bits per heavy atom. The molecular formula is C25H30F5NOSi. The fraction of sp³-hybridized carbons (Fsp3) is 0.480. The molecule has 33 heavy (non-hydrogen) atoms. The van der Waals surface area contributed by atoms with Gasteiger partial charge in [-0.2, -0.15) is 0 Å². The molecule has 8 heteroatoms. The van der Waals surface area contributed by atoms with Crippen molar-refractivity contribution in [3.05, 3.63) is 64.5 Å². The quantitative estimate of drug-likeness (QED) is 0.240. The highest BCUT2D eigenvalue weighted by molar-refractivity contribution is 6.78. The summed E-state index contributed by atoms with van der Waals surface area (Å²) in [7, 11) is -1.33. The zero-order valence-electron chi connectivity index (χ0n) is 19.2. The summed E-state index contributed by atoms with van der Waals surface area (Å²) in [6, 6.07) is 4.74. The number of hydrogen-bond donors (Lipinski definition) is 1. The number of hydrogen-bond acceptors (Lipinski definition) is 1. The van der Waals surface area contributed by atoms with Crippen LogP contribution in [0.15, 0.2) is 24.3 Å². The third kappa shape index (κ3) is 5.83. The maximum absolute atomic E-state index is 14.7. The average molecular weight is 484 g/mol. The lowest BCUT2D eigenvalue weighted by Crippen LogP contribution is -2.34. The third-order valence-electron chi connectivity index (χ3n) is 7.01. The van der Waals surface area contributed by atoms with Crippen molar-refractivity contribution in [2.45, 2.75) is 76.0 Å². The van der Waals surface area contributed by atoms with Gasteiger partial charge < -0.3 is 5.32 Å². The molecule has 1 aliphatic rings. The predicted octanol–water partition coefficient (Wildman–Crippen LogP) is 8.17. The molecule has 3 rings (SSSR count). The Bertz CT molecular complexity index is 972. The molecule has 2 nitrogen and oxygen atoms in total. The van der Waals surface area contributed by atoms with E-state index >= 15 is 0 Å². The summed E-state index contributed by atoms with van der Waals surface area (Å²) >= 11 is 0. The minimum atomic E-state index is -1.69. The number of halogens is 5. The first-order chi connectivity index (χ1) is 15.5. The van der Waals surface area contributed by atoms with Crippen molar-refractivity contribution in [2.75, 3.05) is 5.32 Å². The largest absolute Gasteiger partial charge is 0.322 e. The van der Waals surface area contributed by atoms with Crippen molar-refractivity contribution >= 4 is 19.7 Å². The molecule has 0 atom stereocenters.